The standard InChI is InChI=1S/C48H30O/c1-3-12-31(13-4-1)33-22-24-34(25-23-33)46-38-16-7-9-18-40(38)47(41-19-10-8-17-39(41)46)42-20-11-21-44-48(42)43-29-36-27-26-35(32-14-5-2-6-15-32)28-37(36)30-45(43)49-44/h1-30H/i2D,5D,6D,14D,15D. The molecule has 0 aliphatic heterocycles. The summed E-state index contributed by atoms with van der Waals surface area (Å²) in [6.07, 6.45) is 0. The maximum Gasteiger partial charge on any atom is 0.136 e. The molecule has 228 valence electrons. The van der Waals surface area contributed by atoms with Gasteiger partial charge >= 0.3 is 0 Å². The SMILES string of the molecule is [2H]c1c([2H])c([2H])c(-c2ccc3cc4c(cc3c2)oc2cccc(-c3c5ccccc5c(-c5ccc(-c6ccccc6)cc5)c5ccccc35)c24)c([2H])c1[2H]. The van der Waals surface area contributed by atoms with Crippen molar-refractivity contribution in [2.24, 2.45) is 0 Å². The summed E-state index contributed by atoms with van der Waals surface area (Å²) in [5.41, 5.74) is 9.20. The quantitative estimate of drug-likeness (QED) is 0.177. The summed E-state index contributed by atoms with van der Waals surface area (Å²) in [6.45, 7) is 0. The van der Waals surface area contributed by atoms with E-state index in [0.717, 1.165) is 54.6 Å². The lowest BCUT2D eigenvalue weighted by Crippen LogP contribution is -1.91. The Morgan fingerprint density at radius 2 is 0.980 bits per heavy atom. The van der Waals surface area contributed by atoms with Crippen LogP contribution >= 0.6 is 0 Å². The summed E-state index contributed by atoms with van der Waals surface area (Å²) in [5.74, 6) is 0. The minimum Gasteiger partial charge on any atom is -0.456 e. The van der Waals surface area contributed by atoms with Crippen LogP contribution in [-0.4, -0.2) is 0 Å². The largest absolute Gasteiger partial charge is 0.456 e. The zero-order valence-corrected chi connectivity index (χ0v) is 26.3. The van der Waals surface area contributed by atoms with Gasteiger partial charge in [-0.3, -0.25) is 0 Å². The van der Waals surface area contributed by atoms with Crippen LogP contribution < -0.4 is 0 Å². The minimum absolute atomic E-state index is 0.184. The molecule has 0 unspecified atom stereocenters. The first-order valence-electron chi connectivity index (χ1n) is 18.9. The molecule has 1 heteroatoms. The van der Waals surface area contributed by atoms with Crippen LogP contribution in [0.4, 0.5) is 0 Å². The van der Waals surface area contributed by atoms with Crippen LogP contribution in [0.3, 0.4) is 0 Å². The Morgan fingerprint density at radius 3 is 1.69 bits per heavy atom. The van der Waals surface area contributed by atoms with Gasteiger partial charge in [0.2, 0.25) is 0 Å². The fourth-order valence-electron chi connectivity index (χ4n) is 7.52. The third kappa shape index (κ3) is 4.47. The molecule has 1 heterocycles. The van der Waals surface area contributed by atoms with Crippen molar-refractivity contribution in [3.8, 4) is 44.5 Å². The molecule has 9 aromatic carbocycles. The van der Waals surface area contributed by atoms with E-state index in [1.165, 1.54) is 27.5 Å². The van der Waals surface area contributed by atoms with E-state index in [4.69, 9.17) is 11.3 Å². The highest BCUT2D eigenvalue weighted by Gasteiger charge is 2.20. The Hall–Kier alpha value is -6.44. The third-order valence-corrected chi connectivity index (χ3v) is 9.72. The highest BCUT2D eigenvalue weighted by molar-refractivity contribution is 6.26. The average molecular weight is 628 g/mol. The fraction of sp³-hybridized carbons (Fsp3) is 0. The number of hydrogen-bond acceptors (Lipinski definition) is 1. The summed E-state index contributed by atoms with van der Waals surface area (Å²) in [5, 5.41) is 8.49. The Morgan fingerprint density at radius 1 is 0.367 bits per heavy atom. The Labute approximate surface area is 291 Å². The smallest absolute Gasteiger partial charge is 0.136 e. The van der Waals surface area contributed by atoms with Gasteiger partial charge in [0.05, 0.1) is 6.85 Å². The average Bonchev–Trinajstić information content (AvgIpc) is 3.58. The van der Waals surface area contributed by atoms with Gasteiger partial charge in [0.15, 0.2) is 0 Å². The van der Waals surface area contributed by atoms with E-state index in [1.54, 1.807) is 0 Å². The first-order valence-corrected chi connectivity index (χ1v) is 16.4. The molecule has 0 saturated heterocycles. The van der Waals surface area contributed by atoms with E-state index in [9.17, 15) is 0 Å². The molecule has 0 fully saturated rings. The van der Waals surface area contributed by atoms with Crippen LogP contribution in [0.5, 0.6) is 0 Å². The molecular formula is C48H30O. The van der Waals surface area contributed by atoms with Crippen molar-refractivity contribution in [2.45, 2.75) is 0 Å². The van der Waals surface area contributed by atoms with E-state index >= 15 is 0 Å². The number of benzene rings is 9. The van der Waals surface area contributed by atoms with Gasteiger partial charge in [-0.25, -0.2) is 0 Å². The predicted molar refractivity (Wildman–Crippen MR) is 208 cm³/mol. The maximum atomic E-state index is 8.52. The molecule has 0 aliphatic rings. The third-order valence-electron chi connectivity index (χ3n) is 9.72. The lowest BCUT2D eigenvalue weighted by molar-refractivity contribution is 0.669. The summed E-state index contributed by atoms with van der Waals surface area (Å²) in [6, 6.07) is 51.2. The molecule has 1 aromatic heterocycles. The maximum absolute atomic E-state index is 8.52. The van der Waals surface area contributed by atoms with Gasteiger partial charge in [0.25, 0.3) is 0 Å². The molecule has 10 aromatic rings. The van der Waals surface area contributed by atoms with E-state index in [1.807, 2.05) is 36.4 Å². The van der Waals surface area contributed by atoms with Crippen LogP contribution in [0.2, 0.25) is 0 Å². The van der Waals surface area contributed by atoms with Crippen molar-refractivity contribution >= 4 is 54.3 Å². The molecule has 0 atom stereocenters. The fourth-order valence-corrected chi connectivity index (χ4v) is 7.52. The Balaban J connectivity index is 1.19. The number of rotatable bonds is 4. The van der Waals surface area contributed by atoms with Gasteiger partial charge in [-0.2, -0.15) is 0 Å². The number of fused-ring (bicyclic) bond motifs is 6. The number of furan rings is 1. The lowest BCUT2D eigenvalue weighted by atomic mass is 9.84. The van der Waals surface area contributed by atoms with Crippen molar-refractivity contribution in [3.05, 3.63) is 182 Å². The van der Waals surface area contributed by atoms with E-state index in [0.29, 0.717) is 11.1 Å². The second-order valence-electron chi connectivity index (χ2n) is 12.5. The zero-order valence-electron chi connectivity index (χ0n) is 31.3. The van der Waals surface area contributed by atoms with E-state index in [-0.39, 0.29) is 29.7 Å². The first-order chi connectivity index (χ1) is 26.4. The molecule has 0 aliphatic carbocycles. The van der Waals surface area contributed by atoms with Crippen molar-refractivity contribution < 1.29 is 11.3 Å². The second-order valence-corrected chi connectivity index (χ2v) is 12.5. The van der Waals surface area contributed by atoms with Gasteiger partial charge in [0.1, 0.15) is 11.2 Å². The molecule has 0 spiro atoms. The molecule has 49 heavy (non-hydrogen) atoms. The van der Waals surface area contributed by atoms with E-state index in [2.05, 4.69) is 115 Å². The topological polar surface area (TPSA) is 13.1 Å². The molecule has 1 nitrogen and oxygen atoms in total. The van der Waals surface area contributed by atoms with Crippen LogP contribution in [0.15, 0.2) is 186 Å². The van der Waals surface area contributed by atoms with Crippen LogP contribution in [0.1, 0.15) is 6.85 Å². The van der Waals surface area contributed by atoms with Gasteiger partial charge in [0, 0.05) is 10.8 Å². The van der Waals surface area contributed by atoms with Crippen molar-refractivity contribution in [1.29, 1.82) is 0 Å². The molecule has 10 rings (SSSR count). The highest BCUT2D eigenvalue weighted by Crippen LogP contribution is 2.47. The Kier molecular flexibility index (Phi) is 5.20. The van der Waals surface area contributed by atoms with Crippen LogP contribution in [0.25, 0.3) is 98.8 Å². The number of hydrogen-bond donors (Lipinski definition) is 0. The molecule has 0 N–H and O–H groups in total. The summed E-state index contributed by atoms with van der Waals surface area (Å²) in [4.78, 5) is 0. The predicted octanol–water partition coefficient (Wildman–Crippen LogP) is 13.7. The van der Waals surface area contributed by atoms with Gasteiger partial charge in [-0.15, -0.1) is 0 Å². The van der Waals surface area contributed by atoms with Crippen LogP contribution in [-0.2, 0) is 0 Å². The van der Waals surface area contributed by atoms with Gasteiger partial charge in [-0.1, -0.05) is 158 Å². The van der Waals surface area contributed by atoms with Crippen molar-refractivity contribution in [2.75, 3.05) is 0 Å². The van der Waals surface area contributed by atoms with Crippen molar-refractivity contribution in [1.82, 2.24) is 0 Å². The van der Waals surface area contributed by atoms with Gasteiger partial charge < -0.3 is 4.42 Å². The molecule has 0 amide bonds. The van der Waals surface area contributed by atoms with E-state index < -0.39 is 6.04 Å². The van der Waals surface area contributed by atoms with Gasteiger partial charge in [-0.05, 0) is 101 Å². The van der Waals surface area contributed by atoms with Crippen molar-refractivity contribution in [3.63, 3.8) is 0 Å². The monoisotopic (exact) mass is 627 g/mol. The minimum atomic E-state index is -0.401. The molecule has 0 saturated carbocycles. The molecule has 0 bridgehead atoms. The summed E-state index contributed by atoms with van der Waals surface area (Å²) >= 11 is 0. The lowest BCUT2D eigenvalue weighted by Gasteiger charge is -2.18. The second kappa shape index (κ2) is 11.1. The molecule has 0 radical (unpaired) electrons. The summed E-state index contributed by atoms with van der Waals surface area (Å²) < 4.78 is 48.0. The molecular weight excluding hydrogens is 593 g/mol. The first kappa shape index (κ1) is 23.0. The summed E-state index contributed by atoms with van der Waals surface area (Å²) in [7, 11) is 0. The Bertz CT molecular complexity index is 3060. The zero-order chi connectivity index (χ0) is 36.7. The van der Waals surface area contributed by atoms with Crippen LogP contribution in [0, 0.1) is 0 Å². The normalized spacial score (nSPS) is 13.1. The highest BCUT2D eigenvalue weighted by atomic mass is 16.3.